The van der Waals surface area contributed by atoms with Crippen LogP contribution in [0.2, 0.25) is 0 Å². The van der Waals surface area contributed by atoms with Gasteiger partial charge in [0.1, 0.15) is 0 Å². The first-order valence-electron chi connectivity index (χ1n) is 6.67. The summed E-state index contributed by atoms with van der Waals surface area (Å²) in [6, 6.07) is 1.32. The standard InChI is InChI=1S/C13H28N2O/c1-11(2)15(9-5-8-14)12-6-4-7-13(10-12)16-3/h11-13H,4-10,14H2,1-3H3. The van der Waals surface area contributed by atoms with Gasteiger partial charge in [-0.15, -0.1) is 0 Å². The molecule has 0 saturated heterocycles. The summed E-state index contributed by atoms with van der Waals surface area (Å²) in [5.74, 6) is 0. The van der Waals surface area contributed by atoms with Gasteiger partial charge in [0.15, 0.2) is 0 Å². The zero-order chi connectivity index (χ0) is 12.0. The molecule has 0 spiro atoms. The number of ether oxygens (including phenoxy) is 1. The van der Waals surface area contributed by atoms with Gasteiger partial charge in [-0.25, -0.2) is 0 Å². The molecule has 1 aliphatic rings. The number of nitrogens with zero attached hydrogens (tertiary/aromatic N) is 1. The molecule has 3 heteroatoms. The molecule has 1 saturated carbocycles. The van der Waals surface area contributed by atoms with E-state index in [1.807, 2.05) is 7.11 Å². The molecule has 0 aromatic rings. The van der Waals surface area contributed by atoms with Gasteiger partial charge in [0.05, 0.1) is 6.10 Å². The first kappa shape index (κ1) is 13.9. The summed E-state index contributed by atoms with van der Waals surface area (Å²) in [5, 5.41) is 0. The lowest BCUT2D eigenvalue weighted by molar-refractivity contribution is 0.0186. The van der Waals surface area contributed by atoms with Crippen molar-refractivity contribution in [3.8, 4) is 0 Å². The van der Waals surface area contributed by atoms with Gasteiger partial charge < -0.3 is 10.5 Å². The minimum absolute atomic E-state index is 0.470. The van der Waals surface area contributed by atoms with Crippen LogP contribution in [-0.4, -0.2) is 43.3 Å². The van der Waals surface area contributed by atoms with Crippen LogP contribution in [0.4, 0.5) is 0 Å². The summed E-state index contributed by atoms with van der Waals surface area (Å²) >= 11 is 0. The van der Waals surface area contributed by atoms with E-state index in [2.05, 4.69) is 18.7 Å². The summed E-state index contributed by atoms with van der Waals surface area (Å²) in [6.07, 6.45) is 6.62. The molecule has 0 bridgehead atoms. The van der Waals surface area contributed by atoms with Gasteiger partial charge >= 0.3 is 0 Å². The maximum absolute atomic E-state index is 5.61. The van der Waals surface area contributed by atoms with E-state index in [4.69, 9.17) is 10.5 Å². The smallest absolute Gasteiger partial charge is 0.0586 e. The molecule has 16 heavy (non-hydrogen) atoms. The van der Waals surface area contributed by atoms with Gasteiger partial charge in [0.2, 0.25) is 0 Å². The lowest BCUT2D eigenvalue weighted by atomic mass is 9.91. The Labute approximate surface area is 100 Å². The molecule has 3 nitrogen and oxygen atoms in total. The maximum atomic E-state index is 5.61. The van der Waals surface area contributed by atoms with Gasteiger partial charge in [-0.3, -0.25) is 4.90 Å². The zero-order valence-corrected chi connectivity index (χ0v) is 11.1. The fraction of sp³-hybridized carbons (Fsp3) is 1.00. The van der Waals surface area contributed by atoms with E-state index in [0.717, 1.165) is 19.5 Å². The van der Waals surface area contributed by atoms with Crippen molar-refractivity contribution in [2.75, 3.05) is 20.2 Å². The summed E-state index contributed by atoms with van der Waals surface area (Å²) in [6.45, 7) is 6.50. The maximum Gasteiger partial charge on any atom is 0.0586 e. The van der Waals surface area contributed by atoms with Crippen molar-refractivity contribution in [1.82, 2.24) is 4.90 Å². The topological polar surface area (TPSA) is 38.5 Å². The predicted octanol–water partition coefficient (Wildman–Crippen LogP) is 2.00. The molecule has 0 radical (unpaired) electrons. The first-order chi connectivity index (χ1) is 7.69. The molecular weight excluding hydrogens is 200 g/mol. The van der Waals surface area contributed by atoms with Crippen molar-refractivity contribution in [1.29, 1.82) is 0 Å². The fourth-order valence-corrected chi connectivity index (χ4v) is 2.77. The van der Waals surface area contributed by atoms with Crippen LogP contribution in [0.5, 0.6) is 0 Å². The number of methoxy groups -OCH3 is 1. The van der Waals surface area contributed by atoms with Gasteiger partial charge in [0, 0.05) is 19.2 Å². The Bertz CT molecular complexity index is 185. The van der Waals surface area contributed by atoms with E-state index >= 15 is 0 Å². The molecular formula is C13H28N2O. The third kappa shape index (κ3) is 4.04. The third-order valence-corrected chi connectivity index (χ3v) is 3.68. The second-order valence-corrected chi connectivity index (χ2v) is 5.15. The summed E-state index contributed by atoms with van der Waals surface area (Å²) < 4.78 is 5.50. The average Bonchev–Trinajstić information content (AvgIpc) is 2.29. The second-order valence-electron chi connectivity index (χ2n) is 5.15. The molecule has 0 aromatic heterocycles. The van der Waals surface area contributed by atoms with E-state index in [1.54, 1.807) is 0 Å². The van der Waals surface area contributed by atoms with E-state index < -0.39 is 0 Å². The van der Waals surface area contributed by atoms with E-state index in [-0.39, 0.29) is 0 Å². The molecule has 2 N–H and O–H groups in total. The van der Waals surface area contributed by atoms with Gasteiger partial charge in [-0.05, 0) is 59.0 Å². The van der Waals surface area contributed by atoms with Crippen LogP contribution in [0.25, 0.3) is 0 Å². The normalized spacial score (nSPS) is 26.6. The van der Waals surface area contributed by atoms with Crippen LogP contribution in [0.3, 0.4) is 0 Å². The summed E-state index contributed by atoms with van der Waals surface area (Å²) in [4.78, 5) is 2.61. The largest absolute Gasteiger partial charge is 0.381 e. The molecule has 1 fully saturated rings. The zero-order valence-electron chi connectivity index (χ0n) is 11.1. The monoisotopic (exact) mass is 228 g/mol. The number of hydrogen-bond acceptors (Lipinski definition) is 3. The van der Waals surface area contributed by atoms with Crippen LogP contribution < -0.4 is 5.73 Å². The van der Waals surface area contributed by atoms with Crippen LogP contribution in [-0.2, 0) is 4.74 Å². The summed E-state index contributed by atoms with van der Waals surface area (Å²) in [5.41, 5.74) is 5.61. The number of nitrogens with two attached hydrogens (primary N) is 1. The highest BCUT2D eigenvalue weighted by atomic mass is 16.5. The Morgan fingerprint density at radius 2 is 2.12 bits per heavy atom. The lowest BCUT2D eigenvalue weighted by Crippen LogP contribution is -2.45. The van der Waals surface area contributed by atoms with Crippen LogP contribution in [0.1, 0.15) is 46.0 Å². The summed E-state index contributed by atoms with van der Waals surface area (Å²) in [7, 11) is 1.84. The predicted molar refractivity (Wildman–Crippen MR) is 68.6 cm³/mol. The Kier molecular flexibility index (Phi) is 6.32. The Hall–Kier alpha value is -0.120. The van der Waals surface area contributed by atoms with Crippen LogP contribution in [0.15, 0.2) is 0 Å². The van der Waals surface area contributed by atoms with Gasteiger partial charge in [0.25, 0.3) is 0 Å². The fourth-order valence-electron chi connectivity index (χ4n) is 2.77. The highest BCUT2D eigenvalue weighted by molar-refractivity contribution is 4.82. The van der Waals surface area contributed by atoms with Crippen LogP contribution >= 0.6 is 0 Å². The SMILES string of the molecule is COC1CCCC(N(CCCN)C(C)C)C1. The van der Waals surface area contributed by atoms with E-state index in [0.29, 0.717) is 18.2 Å². The quantitative estimate of drug-likeness (QED) is 0.756. The average molecular weight is 228 g/mol. The highest BCUT2D eigenvalue weighted by Crippen LogP contribution is 2.26. The van der Waals surface area contributed by atoms with Crippen LogP contribution in [0, 0.1) is 0 Å². The van der Waals surface area contributed by atoms with Crippen molar-refractivity contribution in [2.45, 2.75) is 64.1 Å². The molecule has 0 heterocycles. The molecule has 96 valence electrons. The van der Waals surface area contributed by atoms with Crippen molar-refractivity contribution in [3.05, 3.63) is 0 Å². The van der Waals surface area contributed by atoms with Gasteiger partial charge in [-0.2, -0.15) is 0 Å². The third-order valence-electron chi connectivity index (χ3n) is 3.68. The number of hydrogen-bond donors (Lipinski definition) is 1. The minimum atomic E-state index is 0.470. The van der Waals surface area contributed by atoms with E-state index in [9.17, 15) is 0 Å². The Morgan fingerprint density at radius 3 is 2.69 bits per heavy atom. The number of rotatable bonds is 6. The van der Waals surface area contributed by atoms with Crippen molar-refractivity contribution >= 4 is 0 Å². The van der Waals surface area contributed by atoms with Crippen molar-refractivity contribution in [2.24, 2.45) is 5.73 Å². The van der Waals surface area contributed by atoms with Gasteiger partial charge in [-0.1, -0.05) is 0 Å². The molecule has 0 amide bonds. The molecule has 0 aliphatic heterocycles. The first-order valence-corrected chi connectivity index (χ1v) is 6.67. The van der Waals surface area contributed by atoms with Crippen molar-refractivity contribution < 1.29 is 4.74 Å². The molecule has 1 aliphatic carbocycles. The molecule has 0 aromatic carbocycles. The molecule has 2 unspecified atom stereocenters. The molecule has 1 rings (SSSR count). The van der Waals surface area contributed by atoms with Crippen molar-refractivity contribution in [3.63, 3.8) is 0 Å². The lowest BCUT2D eigenvalue weighted by Gasteiger charge is -2.39. The molecule has 2 atom stereocenters. The Morgan fingerprint density at radius 1 is 1.38 bits per heavy atom. The highest BCUT2D eigenvalue weighted by Gasteiger charge is 2.27. The minimum Gasteiger partial charge on any atom is -0.381 e. The van der Waals surface area contributed by atoms with E-state index in [1.165, 1.54) is 25.7 Å². The second kappa shape index (κ2) is 7.25. The Balaban J connectivity index is 2.48.